The normalized spacial score (nSPS) is 9.00. The quantitative estimate of drug-likeness (QED) is 0.0767. The van der Waals surface area contributed by atoms with Gasteiger partial charge in [0.2, 0.25) is 0 Å². The van der Waals surface area contributed by atoms with Crippen LogP contribution < -0.4 is 0 Å². The zero-order valence-electron chi connectivity index (χ0n) is 20.0. The molecular weight excluding hydrogens is 487 g/mol. The topological polar surface area (TPSA) is 78.9 Å². The molecule has 0 atom stereocenters. The van der Waals surface area contributed by atoms with Gasteiger partial charge in [-0.15, -0.1) is 0 Å². The van der Waals surface area contributed by atoms with E-state index in [0.717, 1.165) is 38.5 Å². The number of unbranched alkanes of at least 4 members (excludes halogenated alkanes) is 12. The van der Waals surface area contributed by atoms with Crippen molar-refractivity contribution in [3.8, 4) is 0 Å². The Morgan fingerprint density at radius 3 is 0.839 bits per heavy atom. The molecule has 0 aromatic rings. The summed E-state index contributed by atoms with van der Waals surface area (Å²) in [4.78, 5) is 28.6. The Labute approximate surface area is 204 Å². The predicted octanol–water partition coefficient (Wildman–Crippen LogP) is 6.12. The van der Waals surface area contributed by atoms with Gasteiger partial charge in [0, 0.05) is 19.8 Å². The third kappa shape index (κ3) is 52.9. The van der Waals surface area contributed by atoms with Crippen molar-refractivity contribution < 1.29 is 48.1 Å². The maximum Gasteiger partial charge on any atom is 3.00 e. The summed E-state index contributed by atoms with van der Waals surface area (Å²) in [5.74, 6) is 0. The second kappa shape index (κ2) is 43.0. The van der Waals surface area contributed by atoms with E-state index < -0.39 is 0 Å². The second-order valence-corrected chi connectivity index (χ2v) is 7.04. The molecule has 0 saturated heterocycles. The molecule has 0 aromatic carbocycles. The van der Waals surface area contributed by atoms with Crippen LogP contribution in [0.25, 0.3) is 0 Å². The van der Waals surface area contributed by atoms with Crippen LogP contribution >= 0.6 is 0 Å². The zero-order valence-corrected chi connectivity index (χ0v) is 21.6. The fourth-order valence-electron chi connectivity index (χ4n) is 2.46. The summed E-state index contributed by atoms with van der Waals surface area (Å²) in [6.07, 6.45) is 17.8. The van der Waals surface area contributed by atoms with E-state index in [-0.39, 0.29) is 19.5 Å². The van der Waals surface area contributed by atoms with E-state index >= 15 is 0 Å². The Bertz CT molecular complexity index is 269. The first-order valence-corrected chi connectivity index (χ1v) is 11.7. The van der Waals surface area contributed by atoms with Crippen LogP contribution in [0.1, 0.15) is 117 Å². The van der Waals surface area contributed by atoms with Gasteiger partial charge in [0.05, 0.1) is 0 Å². The molecule has 0 unspecified atom stereocenters. The van der Waals surface area contributed by atoms with E-state index in [4.69, 9.17) is 0 Å². The summed E-state index contributed by atoms with van der Waals surface area (Å²) in [6.45, 7) is 12.4. The van der Waals surface area contributed by atoms with Gasteiger partial charge in [-0.05, 0) is 19.3 Å². The van der Waals surface area contributed by atoms with Gasteiger partial charge in [-0.1, -0.05) is 117 Å². The van der Waals surface area contributed by atoms with Crippen molar-refractivity contribution in [1.29, 1.82) is 0 Å². The van der Waals surface area contributed by atoms with E-state index in [1.807, 2.05) is 0 Å². The van der Waals surface area contributed by atoms with Gasteiger partial charge in [-0.25, -0.2) is 0 Å². The van der Waals surface area contributed by atoms with E-state index in [1.165, 1.54) is 77.2 Å². The van der Waals surface area contributed by atoms with Gasteiger partial charge < -0.3 is 28.6 Å². The maximum atomic E-state index is 9.55. The first-order chi connectivity index (χ1) is 14.7. The number of ether oxygens (including phenoxy) is 3. The molecule has 0 bridgehead atoms. The summed E-state index contributed by atoms with van der Waals surface area (Å²) in [7, 11) is 0. The predicted molar refractivity (Wildman–Crippen MR) is 121 cm³/mol. The van der Waals surface area contributed by atoms with Crippen molar-refractivity contribution in [3.05, 3.63) is 0 Å². The Kier molecular flexibility index (Phi) is 51.8. The van der Waals surface area contributed by atoms with Gasteiger partial charge in [-0.2, -0.15) is 0 Å². The molecule has 0 aliphatic rings. The summed E-state index contributed by atoms with van der Waals surface area (Å²) < 4.78 is 13.2. The van der Waals surface area contributed by atoms with Crippen LogP contribution in [0.2, 0.25) is 0 Å². The van der Waals surface area contributed by atoms with Crippen LogP contribution in [0.3, 0.4) is 0 Å². The van der Waals surface area contributed by atoms with Gasteiger partial charge >= 0.3 is 19.5 Å². The van der Waals surface area contributed by atoms with Crippen molar-refractivity contribution in [2.45, 2.75) is 117 Å². The van der Waals surface area contributed by atoms with E-state index in [1.54, 1.807) is 0 Å². The first kappa shape index (κ1) is 37.4. The fourth-order valence-corrected chi connectivity index (χ4v) is 2.46. The zero-order chi connectivity index (χ0) is 23.0. The standard InChI is InChI=1S/3C8H15O2.Rh/c3*1-2-3-4-5-6-7-10-8-9;/h3*2-7H2,1H3;/q3*-1;+3. The summed E-state index contributed by atoms with van der Waals surface area (Å²) in [5.41, 5.74) is 0. The minimum Gasteiger partial charge on any atom is -0.653 e. The van der Waals surface area contributed by atoms with Crippen LogP contribution in [0.15, 0.2) is 0 Å². The molecule has 0 fully saturated rings. The average Bonchev–Trinajstić information content (AvgIpc) is 2.77. The van der Waals surface area contributed by atoms with E-state index in [9.17, 15) is 14.4 Å². The van der Waals surface area contributed by atoms with Crippen molar-refractivity contribution in [3.63, 3.8) is 0 Å². The molecule has 6 nitrogen and oxygen atoms in total. The Morgan fingerprint density at radius 2 is 0.645 bits per heavy atom. The first-order valence-electron chi connectivity index (χ1n) is 11.7. The van der Waals surface area contributed by atoms with Crippen LogP contribution in [-0.2, 0) is 48.1 Å². The van der Waals surface area contributed by atoms with Crippen molar-refractivity contribution in [2.75, 3.05) is 19.8 Å². The van der Waals surface area contributed by atoms with Crippen LogP contribution in [0.5, 0.6) is 0 Å². The largest absolute Gasteiger partial charge is 3.00 e. The van der Waals surface area contributed by atoms with Crippen molar-refractivity contribution in [2.24, 2.45) is 0 Å². The van der Waals surface area contributed by atoms with Gasteiger partial charge in [0.25, 0.3) is 0 Å². The molecule has 186 valence electrons. The summed E-state index contributed by atoms with van der Waals surface area (Å²) in [6, 6.07) is 0. The average molecular weight is 533 g/mol. The molecule has 0 aliphatic carbocycles. The number of hydrogen-bond acceptors (Lipinski definition) is 6. The van der Waals surface area contributed by atoms with Crippen molar-refractivity contribution >= 4 is 19.4 Å². The van der Waals surface area contributed by atoms with Gasteiger partial charge in [0.15, 0.2) is 0 Å². The third-order valence-corrected chi connectivity index (χ3v) is 4.23. The SMILES string of the molecule is CCCCCCCO[C-]=O.CCCCCCCO[C-]=O.CCCCCCCO[C-]=O.[Rh+3]. The molecule has 0 saturated carbocycles. The van der Waals surface area contributed by atoms with Gasteiger partial charge in [-0.3, -0.25) is 0 Å². The van der Waals surface area contributed by atoms with E-state index in [0.29, 0.717) is 19.8 Å². The molecule has 0 heterocycles. The Balaban J connectivity index is -0.000000174. The molecule has 7 heteroatoms. The van der Waals surface area contributed by atoms with Crippen molar-refractivity contribution in [1.82, 2.24) is 0 Å². The fraction of sp³-hybridized carbons (Fsp3) is 0.875. The second-order valence-electron chi connectivity index (χ2n) is 7.04. The number of carbonyl (C=O) groups excluding carboxylic acids is 3. The Morgan fingerprint density at radius 1 is 0.419 bits per heavy atom. The van der Waals surface area contributed by atoms with Crippen LogP contribution in [-0.4, -0.2) is 39.2 Å². The monoisotopic (exact) mass is 532 g/mol. The minimum atomic E-state index is 0. The molecule has 0 N–H and O–H groups in total. The smallest absolute Gasteiger partial charge is 0.653 e. The minimum absolute atomic E-state index is 0. The molecule has 0 aliphatic heterocycles. The number of rotatable bonds is 21. The molecule has 0 radical (unpaired) electrons. The van der Waals surface area contributed by atoms with Crippen LogP contribution in [0.4, 0.5) is 0 Å². The molecule has 31 heavy (non-hydrogen) atoms. The molecule has 0 aromatic heterocycles. The van der Waals surface area contributed by atoms with E-state index in [2.05, 4.69) is 35.0 Å². The van der Waals surface area contributed by atoms with Crippen LogP contribution in [0, 0.1) is 0 Å². The van der Waals surface area contributed by atoms with Gasteiger partial charge in [0.1, 0.15) is 0 Å². The molecular formula is C24H45O6Rh. The summed E-state index contributed by atoms with van der Waals surface area (Å²) in [5, 5.41) is 0. The number of hydrogen-bond donors (Lipinski definition) is 0. The Hall–Kier alpha value is -0.967. The maximum absolute atomic E-state index is 9.55. The summed E-state index contributed by atoms with van der Waals surface area (Å²) >= 11 is 0. The molecule has 0 amide bonds. The molecule has 0 rings (SSSR count). The third-order valence-electron chi connectivity index (χ3n) is 4.23. The molecule has 0 spiro atoms.